The van der Waals surface area contributed by atoms with E-state index in [9.17, 15) is 4.79 Å². The molecule has 4 nitrogen and oxygen atoms in total. The molecule has 0 fully saturated rings. The number of rotatable bonds is 2. The lowest BCUT2D eigenvalue weighted by Gasteiger charge is -2.10. The number of anilines is 2. The Morgan fingerprint density at radius 2 is 1.95 bits per heavy atom. The number of hydrogen-bond acceptors (Lipinski definition) is 3. The summed E-state index contributed by atoms with van der Waals surface area (Å²) in [5, 5.41) is 3.91. The Morgan fingerprint density at radius 3 is 2.76 bits per heavy atom. The highest BCUT2D eigenvalue weighted by Gasteiger charge is 2.11. The zero-order valence-electron chi connectivity index (χ0n) is 11.6. The molecule has 3 N–H and O–H groups in total. The molecule has 104 valence electrons. The molecule has 0 bridgehead atoms. The first-order valence-corrected chi connectivity index (χ1v) is 6.66. The van der Waals surface area contributed by atoms with Crippen molar-refractivity contribution in [2.45, 2.75) is 6.92 Å². The summed E-state index contributed by atoms with van der Waals surface area (Å²) in [5.41, 5.74) is 9.30. The molecule has 2 aromatic carbocycles. The molecule has 0 saturated heterocycles. The van der Waals surface area contributed by atoms with E-state index >= 15 is 0 Å². The third kappa shape index (κ3) is 2.56. The Bertz CT molecular complexity index is 822. The first kappa shape index (κ1) is 13.1. The molecule has 0 radical (unpaired) electrons. The van der Waals surface area contributed by atoms with Gasteiger partial charge in [-0.15, -0.1) is 0 Å². The summed E-state index contributed by atoms with van der Waals surface area (Å²) in [6.45, 7) is 1.87. The monoisotopic (exact) mass is 277 g/mol. The normalized spacial score (nSPS) is 10.5. The molecule has 3 aromatic rings. The van der Waals surface area contributed by atoms with Gasteiger partial charge in [-0.05, 0) is 42.8 Å². The molecule has 0 atom stereocenters. The van der Waals surface area contributed by atoms with Gasteiger partial charge in [0.25, 0.3) is 5.91 Å². The number of aromatic nitrogens is 1. The molecule has 21 heavy (non-hydrogen) atoms. The summed E-state index contributed by atoms with van der Waals surface area (Å²) in [6, 6.07) is 14.8. The second kappa shape index (κ2) is 5.25. The van der Waals surface area contributed by atoms with Crippen LogP contribution in [0.4, 0.5) is 11.4 Å². The number of amides is 1. The molecule has 1 aromatic heterocycles. The Labute approximate surface area is 122 Å². The number of para-hydroxylation sites is 1. The maximum Gasteiger partial charge on any atom is 0.255 e. The summed E-state index contributed by atoms with van der Waals surface area (Å²) in [4.78, 5) is 16.7. The fraction of sp³-hybridized carbons (Fsp3) is 0.0588. The van der Waals surface area contributed by atoms with Gasteiger partial charge in [-0.2, -0.15) is 0 Å². The van der Waals surface area contributed by atoms with Crippen molar-refractivity contribution in [2.75, 3.05) is 11.1 Å². The second-order valence-corrected chi connectivity index (χ2v) is 4.91. The molecular weight excluding hydrogens is 262 g/mol. The van der Waals surface area contributed by atoms with E-state index in [0.29, 0.717) is 16.9 Å². The van der Waals surface area contributed by atoms with E-state index in [2.05, 4.69) is 10.3 Å². The van der Waals surface area contributed by atoms with Crippen molar-refractivity contribution in [3.63, 3.8) is 0 Å². The highest BCUT2D eigenvalue weighted by Crippen LogP contribution is 2.22. The van der Waals surface area contributed by atoms with Gasteiger partial charge in [0.2, 0.25) is 0 Å². The number of nitrogens with one attached hydrogen (secondary N) is 1. The predicted molar refractivity (Wildman–Crippen MR) is 85.3 cm³/mol. The van der Waals surface area contributed by atoms with Crippen molar-refractivity contribution >= 4 is 28.2 Å². The molecule has 0 aliphatic carbocycles. The molecule has 1 amide bonds. The number of nitrogen functional groups attached to an aromatic ring is 1. The van der Waals surface area contributed by atoms with E-state index in [-0.39, 0.29) is 5.91 Å². The van der Waals surface area contributed by atoms with Crippen LogP contribution in [0.2, 0.25) is 0 Å². The lowest BCUT2D eigenvalue weighted by molar-refractivity contribution is 0.102. The highest BCUT2D eigenvalue weighted by molar-refractivity contribution is 6.09. The van der Waals surface area contributed by atoms with Gasteiger partial charge in [0.15, 0.2) is 0 Å². The number of carbonyl (C=O) groups is 1. The van der Waals surface area contributed by atoms with Gasteiger partial charge >= 0.3 is 0 Å². The molecule has 0 spiro atoms. The number of pyridine rings is 1. The number of aryl methyl sites for hydroxylation is 1. The molecule has 3 rings (SSSR count). The van der Waals surface area contributed by atoms with Crippen LogP contribution in [-0.2, 0) is 0 Å². The van der Waals surface area contributed by atoms with Crippen LogP contribution in [0.15, 0.2) is 54.7 Å². The fourth-order valence-corrected chi connectivity index (χ4v) is 2.34. The summed E-state index contributed by atoms with van der Waals surface area (Å²) >= 11 is 0. The molecule has 0 unspecified atom stereocenters. The number of nitrogens with two attached hydrogens (primary N) is 1. The number of fused-ring (bicyclic) bond motifs is 1. The van der Waals surface area contributed by atoms with Gasteiger partial charge in [0.05, 0.1) is 11.2 Å². The van der Waals surface area contributed by atoms with Crippen molar-refractivity contribution in [3.8, 4) is 0 Å². The summed E-state index contributed by atoms with van der Waals surface area (Å²) in [5.74, 6) is -0.161. The Hall–Kier alpha value is -2.88. The Morgan fingerprint density at radius 1 is 1.14 bits per heavy atom. The average molecular weight is 277 g/mol. The SMILES string of the molecule is Cc1cc(N)ccc1C(=O)Nc1cccc2cccnc12. The van der Waals surface area contributed by atoms with E-state index < -0.39 is 0 Å². The molecular formula is C17H15N3O. The quantitative estimate of drug-likeness (QED) is 0.706. The molecule has 4 heteroatoms. The average Bonchev–Trinajstić information content (AvgIpc) is 2.47. The second-order valence-electron chi connectivity index (χ2n) is 4.91. The minimum absolute atomic E-state index is 0.161. The topological polar surface area (TPSA) is 68.0 Å². The fourth-order valence-electron chi connectivity index (χ4n) is 2.34. The predicted octanol–water partition coefficient (Wildman–Crippen LogP) is 3.38. The minimum atomic E-state index is -0.161. The first-order valence-electron chi connectivity index (χ1n) is 6.66. The summed E-state index contributed by atoms with van der Waals surface area (Å²) in [7, 11) is 0. The summed E-state index contributed by atoms with van der Waals surface area (Å²) in [6.07, 6.45) is 1.71. The largest absolute Gasteiger partial charge is 0.399 e. The van der Waals surface area contributed by atoms with Gasteiger partial charge < -0.3 is 11.1 Å². The van der Waals surface area contributed by atoms with Crippen molar-refractivity contribution < 1.29 is 4.79 Å². The third-order valence-electron chi connectivity index (χ3n) is 3.38. The van der Waals surface area contributed by atoms with Gasteiger partial charge in [-0.25, -0.2) is 0 Å². The van der Waals surface area contributed by atoms with Crippen molar-refractivity contribution in [1.29, 1.82) is 0 Å². The van der Waals surface area contributed by atoms with E-state index in [1.165, 1.54) is 0 Å². The van der Waals surface area contributed by atoms with Crippen LogP contribution in [0.3, 0.4) is 0 Å². The minimum Gasteiger partial charge on any atom is -0.399 e. The van der Waals surface area contributed by atoms with Gasteiger partial charge in [-0.3, -0.25) is 9.78 Å². The Balaban J connectivity index is 1.97. The zero-order valence-corrected chi connectivity index (χ0v) is 11.6. The van der Waals surface area contributed by atoms with Gasteiger partial charge in [0, 0.05) is 22.8 Å². The lowest BCUT2D eigenvalue weighted by Crippen LogP contribution is -2.14. The number of nitrogens with zero attached hydrogens (tertiary/aromatic N) is 1. The van der Waals surface area contributed by atoms with E-state index in [0.717, 1.165) is 16.5 Å². The van der Waals surface area contributed by atoms with Crippen molar-refractivity contribution in [3.05, 3.63) is 65.9 Å². The number of hydrogen-bond donors (Lipinski definition) is 2. The van der Waals surface area contributed by atoms with Crippen LogP contribution in [0.25, 0.3) is 10.9 Å². The standard InChI is InChI=1S/C17H15N3O/c1-11-10-13(18)7-8-14(11)17(21)20-15-6-2-4-12-5-3-9-19-16(12)15/h2-10H,18H2,1H3,(H,20,21). The molecule has 0 aliphatic heterocycles. The van der Waals surface area contributed by atoms with Gasteiger partial charge in [0.1, 0.15) is 0 Å². The third-order valence-corrected chi connectivity index (χ3v) is 3.38. The molecule has 0 saturated carbocycles. The Kier molecular flexibility index (Phi) is 3.28. The van der Waals surface area contributed by atoms with Crippen LogP contribution >= 0.6 is 0 Å². The van der Waals surface area contributed by atoms with Crippen molar-refractivity contribution in [2.24, 2.45) is 0 Å². The number of carbonyl (C=O) groups excluding carboxylic acids is 1. The van der Waals surface area contributed by atoms with E-state index in [4.69, 9.17) is 5.73 Å². The van der Waals surface area contributed by atoms with Crippen LogP contribution in [-0.4, -0.2) is 10.9 Å². The highest BCUT2D eigenvalue weighted by atomic mass is 16.1. The maximum atomic E-state index is 12.4. The van der Waals surface area contributed by atoms with Gasteiger partial charge in [-0.1, -0.05) is 18.2 Å². The lowest BCUT2D eigenvalue weighted by atomic mass is 10.1. The van der Waals surface area contributed by atoms with E-state index in [1.807, 2.05) is 37.3 Å². The van der Waals surface area contributed by atoms with Crippen LogP contribution in [0, 0.1) is 6.92 Å². The molecule has 0 aliphatic rings. The van der Waals surface area contributed by atoms with Crippen LogP contribution in [0.5, 0.6) is 0 Å². The maximum absolute atomic E-state index is 12.4. The molecule has 1 heterocycles. The smallest absolute Gasteiger partial charge is 0.255 e. The first-order chi connectivity index (χ1) is 10.1. The van der Waals surface area contributed by atoms with E-state index in [1.54, 1.807) is 24.4 Å². The van der Waals surface area contributed by atoms with Crippen LogP contribution < -0.4 is 11.1 Å². The van der Waals surface area contributed by atoms with Crippen molar-refractivity contribution in [1.82, 2.24) is 4.98 Å². The van der Waals surface area contributed by atoms with Crippen LogP contribution in [0.1, 0.15) is 15.9 Å². The number of benzene rings is 2. The zero-order chi connectivity index (χ0) is 14.8. The summed E-state index contributed by atoms with van der Waals surface area (Å²) < 4.78 is 0.